The van der Waals surface area contributed by atoms with Crippen LogP contribution in [0.4, 0.5) is 5.82 Å². The Morgan fingerprint density at radius 2 is 2.05 bits per heavy atom. The van der Waals surface area contributed by atoms with E-state index in [1.54, 1.807) is 13.3 Å². The molecule has 0 fully saturated rings. The molecule has 3 rings (SSSR count). The van der Waals surface area contributed by atoms with E-state index in [0.717, 1.165) is 28.1 Å². The summed E-state index contributed by atoms with van der Waals surface area (Å²) in [4.78, 5) is 4.28. The van der Waals surface area contributed by atoms with Gasteiger partial charge >= 0.3 is 0 Å². The average molecular weight is 281 g/mol. The van der Waals surface area contributed by atoms with Crippen molar-refractivity contribution in [3.8, 4) is 28.2 Å². The molecule has 0 bridgehead atoms. The number of aromatic nitrogens is 2. The summed E-state index contributed by atoms with van der Waals surface area (Å²) in [6.07, 6.45) is 1.74. The summed E-state index contributed by atoms with van der Waals surface area (Å²) in [6, 6.07) is 11.4. The first-order valence-corrected chi connectivity index (χ1v) is 6.52. The Balaban J connectivity index is 2.20. The molecular formula is C16H15N3O2. The maximum absolute atomic E-state index is 5.99. The number of methoxy groups -OCH3 is 1. The van der Waals surface area contributed by atoms with Crippen LogP contribution in [0, 0.1) is 6.92 Å². The first kappa shape index (κ1) is 13.2. The van der Waals surface area contributed by atoms with E-state index in [9.17, 15) is 0 Å². The SMILES string of the molecule is COc1cccc(-c2c(N)noc2-c2cccnc2C)c1. The van der Waals surface area contributed by atoms with E-state index in [4.69, 9.17) is 15.0 Å². The zero-order valence-electron chi connectivity index (χ0n) is 11.8. The van der Waals surface area contributed by atoms with Gasteiger partial charge in [-0.1, -0.05) is 17.3 Å². The van der Waals surface area contributed by atoms with Crippen molar-refractivity contribution in [2.24, 2.45) is 0 Å². The van der Waals surface area contributed by atoms with Crippen LogP contribution < -0.4 is 10.5 Å². The summed E-state index contributed by atoms with van der Waals surface area (Å²) in [5, 5.41) is 3.90. The van der Waals surface area contributed by atoms with Gasteiger partial charge in [-0.05, 0) is 36.8 Å². The third-order valence-electron chi connectivity index (χ3n) is 3.33. The van der Waals surface area contributed by atoms with Crippen molar-refractivity contribution in [1.82, 2.24) is 10.1 Å². The molecule has 0 atom stereocenters. The Morgan fingerprint density at radius 1 is 1.19 bits per heavy atom. The van der Waals surface area contributed by atoms with Gasteiger partial charge in [-0.25, -0.2) is 0 Å². The molecule has 0 saturated carbocycles. The Bertz CT molecular complexity index is 781. The van der Waals surface area contributed by atoms with Crippen LogP contribution in [0.15, 0.2) is 47.1 Å². The van der Waals surface area contributed by atoms with Crippen LogP contribution in [0.2, 0.25) is 0 Å². The molecule has 0 aliphatic heterocycles. The van der Waals surface area contributed by atoms with Gasteiger partial charge in [0.1, 0.15) is 5.75 Å². The van der Waals surface area contributed by atoms with Crippen LogP contribution >= 0.6 is 0 Å². The van der Waals surface area contributed by atoms with Gasteiger partial charge in [0.05, 0.1) is 12.7 Å². The van der Waals surface area contributed by atoms with Crippen LogP contribution in [0.1, 0.15) is 5.69 Å². The van der Waals surface area contributed by atoms with Gasteiger partial charge in [-0.3, -0.25) is 4.98 Å². The lowest BCUT2D eigenvalue weighted by molar-refractivity contribution is 0.415. The number of anilines is 1. The normalized spacial score (nSPS) is 10.6. The predicted octanol–water partition coefficient (Wildman–Crippen LogP) is 3.30. The van der Waals surface area contributed by atoms with Gasteiger partial charge in [0, 0.05) is 17.5 Å². The van der Waals surface area contributed by atoms with Crippen molar-refractivity contribution in [2.75, 3.05) is 12.8 Å². The summed E-state index contributed by atoms with van der Waals surface area (Å²) < 4.78 is 10.7. The number of pyridine rings is 1. The second kappa shape index (κ2) is 5.28. The first-order valence-electron chi connectivity index (χ1n) is 6.52. The van der Waals surface area contributed by atoms with Crippen LogP contribution in [0.25, 0.3) is 22.5 Å². The number of aryl methyl sites for hydroxylation is 1. The highest BCUT2D eigenvalue weighted by atomic mass is 16.5. The Morgan fingerprint density at radius 3 is 2.81 bits per heavy atom. The minimum Gasteiger partial charge on any atom is -0.497 e. The van der Waals surface area contributed by atoms with Crippen molar-refractivity contribution >= 4 is 5.82 Å². The molecule has 0 aliphatic rings. The number of hydrogen-bond acceptors (Lipinski definition) is 5. The van der Waals surface area contributed by atoms with Gasteiger partial charge in [-0.15, -0.1) is 0 Å². The molecule has 21 heavy (non-hydrogen) atoms. The quantitative estimate of drug-likeness (QED) is 0.797. The monoisotopic (exact) mass is 281 g/mol. The van der Waals surface area contributed by atoms with Crippen LogP contribution in [0.3, 0.4) is 0 Å². The third-order valence-corrected chi connectivity index (χ3v) is 3.33. The molecular weight excluding hydrogens is 266 g/mol. The summed E-state index contributed by atoms with van der Waals surface area (Å²) in [5.41, 5.74) is 9.37. The highest BCUT2D eigenvalue weighted by Crippen LogP contribution is 2.38. The van der Waals surface area contributed by atoms with E-state index >= 15 is 0 Å². The van der Waals surface area contributed by atoms with E-state index in [1.807, 2.05) is 43.3 Å². The molecule has 5 nitrogen and oxygen atoms in total. The molecule has 2 aromatic heterocycles. The smallest absolute Gasteiger partial charge is 0.178 e. The summed E-state index contributed by atoms with van der Waals surface area (Å²) in [7, 11) is 1.63. The van der Waals surface area contributed by atoms with E-state index in [0.29, 0.717) is 11.6 Å². The number of nitrogen functional groups attached to an aromatic ring is 1. The van der Waals surface area contributed by atoms with Crippen LogP contribution in [-0.2, 0) is 0 Å². The average Bonchev–Trinajstić information content (AvgIpc) is 2.89. The van der Waals surface area contributed by atoms with E-state index < -0.39 is 0 Å². The fourth-order valence-corrected chi connectivity index (χ4v) is 2.27. The highest BCUT2D eigenvalue weighted by molar-refractivity contribution is 5.87. The zero-order valence-corrected chi connectivity index (χ0v) is 11.8. The number of benzene rings is 1. The number of rotatable bonds is 3. The van der Waals surface area contributed by atoms with Crippen LogP contribution in [-0.4, -0.2) is 17.3 Å². The van der Waals surface area contributed by atoms with Crippen molar-refractivity contribution in [2.45, 2.75) is 6.92 Å². The Labute approximate surface area is 122 Å². The van der Waals surface area contributed by atoms with Crippen molar-refractivity contribution < 1.29 is 9.26 Å². The Hall–Kier alpha value is -2.82. The third kappa shape index (κ3) is 2.33. The number of nitrogens with two attached hydrogens (primary N) is 1. The summed E-state index contributed by atoms with van der Waals surface area (Å²) in [5.74, 6) is 1.72. The van der Waals surface area contributed by atoms with Gasteiger partial charge in [0.2, 0.25) is 0 Å². The highest BCUT2D eigenvalue weighted by Gasteiger charge is 2.19. The number of ether oxygens (including phenoxy) is 1. The fourth-order valence-electron chi connectivity index (χ4n) is 2.27. The maximum atomic E-state index is 5.99. The Kier molecular flexibility index (Phi) is 3.31. The van der Waals surface area contributed by atoms with Crippen molar-refractivity contribution in [1.29, 1.82) is 0 Å². The van der Waals surface area contributed by atoms with Crippen LogP contribution in [0.5, 0.6) is 5.75 Å². The number of nitrogens with zero attached hydrogens (tertiary/aromatic N) is 2. The fraction of sp³-hybridized carbons (Fsp3) is 0.125. The van der Waals surface area contributed by atoms with E-state index in [2.05, 4.69) is 10.1 Å². The molecule has 0 aliphatic carbocycles. The van der Waals surface area contributed by atoms with Crippen molar-refractivity contribution in [3.63, 3.8) is 0 Å². The molecule has 5 heteroatoms. The van der Waals surface area contributed by atoms with Gasteiger partial charge in [-0.2, -0.15) is 0 Å². The lowest BCUT2D eigenvalue weighted by Crippen LogP contribution is -1.91. The van der Waals surface area contributed by atoms with Gasteiger partial charge < -0.3 is 15.0 Å². The summed E-state index contributed by atoms with van der Waals surface area (Å²) >= 11 is 0. The molecule has 0 saturated heterocycles. The first-order chi connectivity index (χ1) is 10.2. The lowest BCUT2D eigenvalue weighted by Gasteiger charge is -2.06. The molecule has 0 spiro atoms. The van der Waals surface area contributed by atoms with Crippen molar-refractivity contribution in [3.05, 3.63) is 48.3 Å². The molecule has 106 valence electrons. The second-order valence-electron chi connectivity index (χ2n) is 4.64. The standard InChI is InChI=1S/C16H15N3O2/c1-10-13(7-4-8-18-10)15-14(16(17)19-21-15)11-5-3-6-12(9-11)20-2/h3-9H,1-2H3,(H2,17,19). The zero-order chi connectivity index (χ0) is 14.8. The topological polar surface area (TPSA) is 74.2 Å². The maximum Gasteiger partial charge on any atom is 0.178 e. The summed E-state index contributed by atoms with van der Waals surface area (Å²) in [6.45, 7) is 1.92. The molecule has 0 amide bonds. The van der Waals surface area contributed by atoms with Gasteiger partial charge in [0.25, 0.3) is 0 Å². The molecule has 0 unspecified atom stereocenters. The molecule has 3 aromatic rings. The van der Waals surface area contributed by atoms with E-state index in [-0.39, 0.29) is 0 Å². The molecule has 0 radical (unpaired) electrons. The number of hydrogen-bond donors (Lipinski definition) is 1. The minimum absolute atomic E-state index is 0.349. The molecule has 2 heterocycles. The largest absolute Gasteiger partial charge is 0.497 e. The molecule has 1 aromatic carbocycles. The molecule has 2 N–H and O–H groups in total. The predicted molar refractivity (Wildman–Crippen MR) is 80.9 cm³/mol. The lowest BCUT2D eigenvalue weighted by atomic mass is 10.0. The second-order valence-corrected chi connectivity index (χ2v) is 4.64. The minimum atomic E-state index is 0.349. The van der Waals surface area contributed by atoms with E-state index in [1.165, 1.54) is 0 Å². The van der Waals surface area contributed by atoms with Gasteiger partial charge in [0.15, 0.2) is 11.6 Å².